The van der Waals surface area contributed by atoms with Crippen molar-refractivity contribution >= 4 is 15.9 Å². The number of carbonyl (C=O) groups is 1. The lowest BCUT2D eigenvalue weighted by Crippen LogP contribution is -2.49. The van der Waals surface area contributed by atoms with E-state index in [1.165, 1.54) is 10.6 Å². The standard InChI is InChI=1S/C15H24N4O4S/c1-2-17-11-14(16-12-17)24(21,22)19-5-3-4-13(10-19)15(20)18-6-8-23-9-7-18/h11-13H,2-10H2,1H3. The van der Waals surface area contributed by atoms with Crippen molar-refractivity contribution in [2.75, 3.05) is 39.4 Å². The number of morpholine rings is 1. The van der Waals surface area contributed by atoms with Gasteiger partial charge in [0, 0.05) is 38.9 Å². The molecule has 1 amide bonds. The highest BCUT2D eigenvalue weighted by Gasteiger charge is 2.36. The van der Waals surface area contributed by atoms with Crippen molar-refractivity contribution in [3.8, 4) is 0 Å². The first-order valence-corrected chi connectivity index (χ1v) is 9.85. The summed E-state index contributed by atoms with van der Waals surface area (Å²) >= 11 is 0. The highest BCUT2D eigenvalue weighted by molar-refractivity contribution is 7.89. The van der Waals surface area contributed by atoms with Gasteiger partial charge in [0.05, 0.1) is 25.5 Å². The van der Waals surface area contributed by atoms with Crippen LogP contribution in [0.1, 0.15) is 19.8 Å². The van der Waals surface area contributed by atoms with Gasteiger partial charge in [-0.25, -0.2) is 13.4 Å². The molecular formula is C15H24N4O4S. The number of hydrogen-bond acceptors (Lipinski definition) is 5. The van der Waals surface area contributed by atoms with Crippen LogP contribution in [0.3, 0.4) is 0 Å². The highest BCUT2D eigenvalue weighted by Crippen LogP contribution is 2.24. The van der Waals surface area contributed by atoms with Crippen molar-refractivity contribution in [1.82, 2.24) is 18.8 Å². The number of carbonyl (C=O) groups excluding carboxylic acids is 1. The van der Waals surface area contributed by atoms with E-state index in [1.54, 1.807) is 15.7 Å². The Bertz CT molecular complexity index is 681. The number of ether oxygens (including phenoxy) is 1. The lowest BCUT2D eigenvalue weighted by Gasteiger charge is -2.35. The summed E-state index contributed by atoms with van der Waals surface area (Å²) < 4.78 is 33.9. The maximum Gasteiger partial charge on any atom is 0.262 e. The molecule has 2 saturated heterocycles. The number of aromatic nitrogens is 2. The molecule has 0 bridgehead atoms. The monoisotopic (exact) mass is 356 g/mol. The van der Waals surface area contributed by atoms with Gasteiger partial charge in [-0.2, -0.15) is 4.31 Å². The molecule has 2 fully saturated rings. The normalized spacial score (nSPS) is 23.4. The number of sulfonamides is 1. The minimum atomic E-state index is -3.64. The lowest BCUT2D eigenvalue weighted by molar-refractivity contribution is -0.140. The molecule has 0 aromatic carbocycles. The third kappa shape index (κ3) is 3.47. The Hall–Kier alpha value is -1.45. The lowest BCUT2D eigenvalue weighted by atomic mass is 9.98. The Morgan fingerprint density at radius 3 is 2.75 bits per heavy atom. The molecule has 1 aromatic heterocycles. The van der Waals surface area contributed by atoms with E-state index < -0.39 is 10.0 Å². The first-order valence-electron chi connectivity index (χ1n) is 8.41. The van der Waals surface area contributed by atoms with E-state index in [2.05, 4.69) is 4.98 Å². The van der Waals surface area contributed by atoms with Crippen LogP contribution in [0, 0.1) is 5.92 Å². The van der Waals surface area contributed by atoms with Crippen molar-refractivity contribution in [3.63, 3.8) is 0 Å². The van der Waals surface area contributed by atoms with E-state index in [-0.39, 0.29) is 23.4 Å². The molecule has 2 aliphatic heterocycles. The van der Waals surface area contributed by atoms with Crippen LogP contribution in [0.2, 0.25) is 0 Å². The number of aryl methyl sites for hydroxylation is 1. The summed E-state index contributed by atoms with van der Waals surface area (Å²) in [5.74, 6) is -0.239. The van der Waals surface area contributed by atoms with Crippen molar-refractivity contribution in [2.45, 2.75) is 31.3 Å². The molecule has 0 N–H and O–H groups in total. The summed E-state index contributed by atoms with van der Waals surface area (Å²) in [5, 5.41) is 0.0591. The predicted molar refractivity (Wildman–Crippen MR) is 86.8 cm³/mol. The molecule has 2 aliphatic rings. The van der Waals surface area contributed by atoms with Gasteiger partial charge >= 0.3 is 0 Å². The van der Waals surface area contributed by atoms with E-state index in [0.29, 0.717) is 45.8 Å². The molecule has 0 spiro atoms. The average molecular weight is 356 g/mol. The molecule has 3 heterocycles. The summed E-state index contributed by atoms with van der Waals surface area (Å²) in [6.07, 6.45) is 4.48. The minimum Gasteiger partial charge on any atom is -0.378 e. The van der Waals surface area contributed by atoms with E-state index in [0.717, 1.165) is 6.42 Å². The van der Waals surface area contributed by atoms with Gasteiger partial charge < -0.3 is 14.2 Å². The second kappa shape index (κ2) is 7.20. The van der Waals surface area contributed by atoms with Gasteiger partial charge in [0.25, 0.3) is 10.0 Å². The van der Waals surface area contributed by atoms with E-state index in [1.807, 2.05) is 6.92 Å². The molecule has 9 heteroatoms. The smallest absolute Gasteiger partial charge is 0.262 e. The number of nitrogens with zero attached hydrogens (tertiary/aromatic N) is 4. The maximum atomic E-state index is 12.8. The van der Waals surface area contributed by atoms with Crippen molar-refractivity contribution in [1.29, 1.82) is 0 Å². The van der Waals surface area contributed by atoms with Gasteiger partial charge in [-0.05, 0) is 19.8 Å². The molecule has 24 heavy (non-hydrogen) atoms. The first-order chi connectivity index (χ1) is 11.5. The second-order valence-corrected chi connectivity index (χ2v) is 8.07. The quantitative estimate of drug-likeness (QED) is 0.767. The summed E-state index contributed by atoms with van der Waals surface area (Å²) in [6.45, 7) is 5.54. The zero-order valence-electron chi connectivity index (χ0n) is 13.9. The number of hydrogen-bond donors (Lipinski definition) is 0. The van der Waals surface area contributed by atoms with Crippen LogP contribution in [0.4, 0.5) is 0 Å². The van der Waals surface area contributed by atoms with Crippen LogP contribution in [-0.2, 0) is 26.1 Å². The summed E-state index contributed by atoms with van der Waals surface area (Å²) in [7, 11) is -3.64. The second-order valence-electron chi connectivity index (χ2n) is 6.18. The zero-order valence-corrected chi connectivity index (χ0v) is 14.7. The van der Waals surface area contributed by atoms with Gasteiger partial charge in [-0.1, -0.05) is 0 Å². The SMILES string of the molecule is CCn1cnc(S(=O)(=O)N2CCCC(C(=O)N3CCOCC3)C2)c1. The van der Waals surface area contributed by atoms with Crippen LogP contribution in [0.15, 0.2) is 17.6 Å². The maximum absolute atomic E-state index is 12.8. The zero-order chi connectivity index (χ0) is 17.2. The fourth-order valence-corrected chi connectivity index (χ4v) is 4.64. The predicted octanol–water partition coefficient (Wildman–Crippen LogP) is 0.163. The number of imidazole rings is 1. The molecule has 0 aliphatic carbocycles. The fourth-order valence-electron chi connectivity index (χ4n) is 3.18. The van der Waals surface area contributed by atoms with Crippen LogP contribution in [0.25, 0.3) is 0 Å². The van der Waals surface area contributed by atoms with Gasteiger partial charge in [0.1, 0.15) is 0 Å². The van der Waals surface area contributed by atoms with Gasteiger partial charge in [-0.15, -0.1) is 0 Å². The Morgan fingerprint density at radius 2 is 2.08 bits per heavy atom. The van der Waals surface area contributed by atoms with E-state index >= 15 is 0 Å². The molecule has 0 radical (unpaired) electrons. The number of piperidine rings is 1. The third-order valence-corrected chi connectivity index (χ3v) is 6.39. The fraction of sp³-hybridized carbons (Fsp3) is 0.733. The topological polar surface area (TPSA) is 84.7 Å². The molecule has 1 unspecified atom stereocenters. The van der Waals surface area contributed by atoms with Crippen LogP contribution in [0.5, 0.6) is 0 Å². The molecule has 134 valence electrons. The summed E-state index contributed by atoms with van der Waals surface area (Å²) in [5.41, 5.74) is 0. The Kier molecular flexibility index (Phi) is 5.21. The van der Waals surface area contributed by atoms with Crippen LogP contribution in [-0.4, -0.2) is 72.5 Å². The van der Waals surface area contributed by atoms with Crippen LogP contribution >= 0.6 is 0 Å². The van der Waals surface area contributed by atoms with Gasteiger partial charge in [0.15, 0.2) is 5.03 Å². The molecule has 8 nitrogen and oxygen atoms in total. The third-order valence-electron chi connectivity index (χ3n) is 4.64. The Morgan fingerprint density at radius 1 is 1.33 bits per heavy atom. The van der Waals surface area contributed by atoms with Crippen molar-refractivity contribution < 1.29 is 17.9 Å². The van der Waals surface area contributed by atoms with E-state index in [4.69, 9.17) is 4.74 Å². The van der Waals surface area contributed by atoms with Gasteiger partial charge in [-0.3, -0.25) is 4.79 Å². The largest absolute Gasteiger partial charge is 0.378 e. The number of rotatable bonds is 4. The molecule has 1 aromatic rings. The summed E-state index contributed by atoms with van der Waals surface area (Å²) in [6, 6.07) is 0. The molecule has 0 saturated carbocycles. The first kappa shape index (κ1) is 17.4. The minimum absolute atomic E-state index is 0.0392. The highest BCUT2D eigenvalue weighted by atomic mass is 32.2. The molecular weight excluding hydrogens is 332 g/mol. The van der Waals surface area contributed by atoms with Crippen molar-refractivity contribution in [2.24, 2.45) is 5.92 Å². The Balaban J connectivity index is 1.71. The van der Waals surface area contributed by atoms with Crippen LogP contribution < -0.4 is 0 Å². The Labute approximate surface area is 142 Å². The van der Waals surface area contributed by atoms with Crippen molar-refractivity contribution in [3.05, 3.63) is 12.5 Å². The molecule has 1 atom stereocenters. The van der Waals surface area contributed by atoms with E-state index in [9.17, 15) is 13.2 Å². The average Bonchev–Trinajstić information content (AvgIpc) is 3.12. The number of amides is 1. The molecule has 3 rings (SSSR count). The van der Waals surface area contributed by atoms with Gasteiger partial charge in [0.2, 0.25) is 5.91 Å². The summed E-state index contributed by atoms with van der Waals surface area (Å²) in [4.78, 5) is 18.4.